The summed E-state index contributed by atoms with van der Waals surface area (Å²) in [4.78, 5) is 28.5. The van der Waals surface area contributed by atoms with Crippen LogP contribution in [0.4, 0.5) is 8.78 Å². The molecule has 0 aliphatic heterocycles. The lowest BCUT2D eigenvalue weighted by Gasteiger charge is -2.17. The van der Waals surface area contributed by atoms with Crippen molar-refractivity contribution in [1.82, 2.24) is 0 Å². The van der Waals surface area contributed by atoms with E-state index in [1.165, 1.54) is 12.1 Å². The summed E-state index contributed by atoms with van der Waals surface area (Å²) in [6, 6.07) is 4.44. The first kappa shape index (κ1) is 14.1. The number of primary amides is 1. The number of hydrogen-bond acceptors (Lipinski definition) is 3. The van der Waals surface area contributed by atoms with Gasteiger partial charge < -0.3 is 15.5 Å². The predicted molar refractivity (Wildman–Crippen MR) is 66.3 cm³/mol. The van der Waals surface area contributed by atoms with Gasteiger partial charge in [-0.05, 0) is 23.6 Å². The Bertz CT molecular complexity index is 709. The molecule has 4 N–H and O–H groups in total. The highest BCUT2D eigenvalue weighted by Gasteiger charge is 2.50. The predicted octanol–water partition coefficient (Wildman–Crippen LogP) is 2.23. The summed E-state index contributed by atoms with van der Waals surface area (Å²) >= 11 is 1.02. The van der Waals surface area contributed by atoms with Crippen LogP contribution in [0.25, 0.3) is 10.1 Å². The number of carbonyl (C=O) groups excluding carboxylic acids is 1. The van der Waals surface area contributed by atoms with Gasteiger partial charge in [-0.25, -0.2) is 0 Å². The molecule has 1 aromatic heterocycles. The van der Waals surface area contributed by atoms with Crippen LogP contribution in [0.1, 0.15) is 15.2 Å². The second kappa shape index (κ2) is 4.35. The van der Waals surface area contributed by atoms with Gasteiger partial charge in [-0.3, -0.25) is 9.36 Å². The highest BCUT2D eigenvalue weighted by Crippen LogP contribution is 2.59. The zero-order chi connectivity index (χ0) is 14.4. The van der Waals surface area contributed by atoms with Gasteiger partial charge in [0.05, 0.1) is 4.88 Å². The minimum absolute atomic E-state index is 0.187. The molecule has 2 aromatic rings. The van der Waals surface area contributed by atoms with Gasteiger partial charge in [-0.2, -0.15) is 8.78 Å². The molecule has 0 bridgehead atoms. The molecule has 0 radical (unpaired) electrons. The molecule has 9 heteroatoms. The lowest BCUT2D eigenvalue weighted by molar-refractivity contribution is 0.0566. The molecule has 0 spiro atoms. The fourth-order valence-corrected chi connectivity index (χ4v) is 2.89. The molecule has 1 aromatic carbocycles. The maximum absolute atomic E-state index is 13.5. The summed E-state index contributed by atoms with van der Waals surface area (Å²) in [5.74, 6) is -0.690. The number of hydrogen-bond donors (Lipinski definition) is 3. The number of rotatable bonds is 3. The second-order valence-corrected chi connectivity index (χ2v) is 6.55. The van der Waals surface area contributed by atoms with Crippen molar-refractivity contribution < 1.29 is 27.9 Å². The summed E-state index contributed by atoms with van der Waals surface area (Å²) < 4.78 is 38.3. The fourth-order valence-electron chi connectivity index (χ4n) is 1.52. The van der Waals surface area contributed by atoms with Crippen molar-refractivity contribution in [3.8, 4) is 0 Å². The monoisotopic (exact) mass is 307 g/mol. The van der Waals surface area contributed by atoms with Crippen LogP contribution >= 0.6 is 18.9 Å². The Morgan fingerprint density at radius 3 is 2.47 bits per heavy atom. The number of alkyl halides is 2. The van der Waals surface area contributed by atoms with Gasteiger partial charge in [-0.1, -0.05) is 6.07 Å². The van der Waals surface area contributed by atoms with E-state index in [2.05, 4.69) is 0 Å². The van der Waals surface area contributed by atoms with Crippen LogP contribution in [-0.2, 0) is 10.2 Å². The van der Waals surface area contributed by atoms with Crippen LogP contribution in [0, 0.1) is 0 Å². The van der Waals surface area contributed by atoms with Crippen molar-refractivity contribution in [3.05, 3.63) is 34.7 Å². The van der Waals surface area contributed by atoms with E-state index in [0.717, 1.165) is 23.5 Å². The summed E-state index contributed by atoms with van der Waals surface area (Å²) in [6.07, 6.45) is 0. The molecule has 1 amide bonds. The highest BCUT2D eigenvalue weighted by molar-refractivity contribution is 7.52. The number of carbonyl (C=O) groups is 1. The van der Waals surface area contributed by atoms with E-state index < -0.39 is 24.7 Å². The van der Waals surface area contributed by atoms with Gasteiger partial charge in [0.15, 0.2) is 0 Å². The largest absolute Gasteiger partial charge is 0.399 e. The zero-order valence-corrected chi connectivity index (χ0v) is 10.9. The Labute approximate surface area is 109 Å². The van der Waals surface area contributed by atoms with E-state index in [1.807, 2.05) is 0 Å². The Hall–Kier alpha value is -1.34. The van der Waals surface area contributed by atoms with Crippen molar-refractivity contribution in [1.29, 1.82) is 0 Å². The van der Waals surface area contributed by atoms with Crippen molar-refractivity contribution in [2.45, 2.75) is 5.66 Å². The Kier molecular flexibility index (Phi) is 3.22. The number of amides is 1. The Morgan fingerprint density at radius 1 is 1.32 bits per heavy atom. The Morgan fingerprint density at radius 2 is 1.95 bits per heavy atom. The van der Waals surface area contributed by atoms with E-state index in [-0.39, 0.29) is 10.3 Å². The van der Waals surface area contributed by atoms with Gasteiger partial charge >= 0.3 is 13.3 Å². The van der Waals surface area contributed by atoms with E-state index >= 15 is 0 Å². The number of benzene rings is 1. The van der Waals surface area contributed by atoms with Crippen molar-refractivity contribution in [2.24, 2.45) is 5.73 Å². The zero-order valence-electron chi connectivity index (χ0n) is 9.21. The number of nitrogens with two attached hydrogens (primary N) is 1. The molecule has 1 heterocycles. The van der Waals surface area contributed by atoms with Gasteiger partial charge in [0, 0.05) is 10.3 Å². The number of fused-ring (bicyclic) bond motifs is 1. The molecule has 0 aliphatic rings. The average molecular weight is 307 g/mol. The third kappa shape index (κ3) is 2.40. The normalized spacial score (nSPS) is 12.8. The molecule has 2 rings (SSSR count). The lowest BCUT2D eigenvalue weighted by Crippen LogP contribution is -2.13. The SMILES string of the molecule is NC(=O)c1cc2cc(C(F)(F)P(=O)(O)O)ccc2s1. The van der Waals surface area contributed by atoms with Crippen LogP contribution < -0.4 is 5.73 Å². The molecule has 0 saturated carbocycles. The maximum atomic E-state index is 13.5. The lowest BCUT2D eigenvalue weighted by atomic mass is 10.1. The first-order chi connectivity index (χ1) is 8.63. The molecule has 0 saturated heterocycles. The molecule has 0 fully saturated rings. The van der Waals surface area contributed by atoms with Crippen LogP contribution in [0.3, 0.4) is 0 Å². The van der Waals surface area contributed by atoms with E-state index in [0.29, 0.717) is 4.70 Å². The van der Waals surface area contributed by atoms with Gasteiger partial charge in [0.1, 0.15) is 0 Å². The first-order valence-electron chi connectivity index (χ1n) is 4.90. The van der Waals surface area contributed by atoms with Crippen LogP contribution in [0.2, 0.25) is 0 Å². The maximum Gasteiger partial charge on any atom is 0.399 e. The molecule has 0 unspecified atom stereocenters. The summed E-state index contributed by atoms with van der Waals surface area (Å²) in [6.45, 7) is 0. The van der Waals surface area contributed by atoms with Gasteiger partial charge in [-0.15, -0.1) is 11.3 Å². The van der Waals surface area contributed by atoms with Crippen LogP contribution in [0.5, 0.6) is 0 Å². The Balaban J connectivity index is 2.59. The molecule has 0 aliphatic carbocycles. The topological polar surface area (TPSA) is 101 Å². The molecular weight excluding hydrogens is 299 g/mol. The van der Waals surface area contributed by atoms with Crippen LogP contribution in [0.15, 0.2) is 24.3 Å². The average Bonchev–Trinajstić information content (AvgIpc) is 2.69. The van der Waals surface area contributed by atoms with Crippen LogP contribution in [-0.4, -0.2) is 15.7 Å². The molecule has 0 atom stereocenters. The molecule has 102 valence electrons. The highest BCUT2D eigenvalue weighted by atomic mass is 32.1. The van der Waals surface area contributed by atoms with Crippen molar-refractivity contribution in [2.75, 3.05) is 0 Å². The first-order valence-corrected chi connectivity index (χ1v) is 7.33. The minimum atomic E-state index is -5.60. The minimum Gasteiger partial charge on any atom is -0.365 e. The molecular formula is C10H8F2NO4PS. The third-order valence-electron chi connectivity index (χ3n) is 2.47. The summed E-state index contributed by atoms with van der Waals surface area (Å²) in [7, 11) is -5.60. The van der Waals surface area contributed by atoms with Crippen molar-refractivity contribution >= 4 is 34.9 Å². The number of thiophene rings is 1. The van der Waals surface area contributed by atoms with E-state index in [1.54, 1.807) is 0 Å². The quantitative estimate of drug-likeness (QED) is 0.757. The van der Waals surface area contributed by atoms with Crippen molar-refractivity contribution in [3.63, 3.8) is 0 Å². The number of halogens is 2. The molecule has 19 heavy (non-hydrogen) atoms. The second-order valence-electron chi connectivity index (χ2n) is 3.81. The fraction of sp³-hybridized carbons (Fsp3) is 0.100. The van der Waals surface area contributed by atoms with E-state index in [9.17, 15) is 18.1 Å². The third-order valence-corrected chi connectivity index (χ3v) is 4.59. The van der Waals surface area contributed by atoms with E-state index in [4.69, 9.17) is 15.5 Å². The summed E-state index contributed by atoms with van der Waals surface area (Å²) in [5.41, 5.74) is -0.00188. The smallest absolute Gasteiger partial charge is 0.365 e. The van der Waals surface area contributed by atoms with Gasteiger partial charge in [0.2, 0.25) is 0 Å². The standard InChI is InChI=1S/C10H8F2NO4PS/c11-10(12,18(15,16)17)6-1-2-7-5(3-6)4-8(19-7)9(13)14/h1-4H,(H2,13,14)(H2,15,16,17). The van der Waals surface area contributed by atoms with Gasteiger partial charge in [0.25, 0.3) is 5.91 Å². The molecule has 5 nitrogen and oxygen atoms in total. The summed E-state index contributed by atoms with van der Waals surface area (Å²) in [5, 5.41) is 0.282.